The molecule has 0 saturated carbocycles. The fraction of sp³-hybridized carbons (Fsp3) is 0.533. The predicted molar refractivity (Wildman–Crippen MR) is 80.0 cm³/mol. The summed E-state index contributed by atoms with van der Waals surface area (Å²) in [5.41, 5.74) is 10.1. The Labute approximate surface area is 118 Å². The number of nitrogens with two attached hydrogens (primary N) is 1. The molecule has 1 aliphatic rings. The van der Waals surface area contributed by atoms with Crippen molar-refractivity contribution in [2.24, 2.45) is 5.73 Å². The summed E-state index contributed by atoms with van der Waals surface area (Å²) in [6.07, 6.45) is 5.51. The van der Waals surface area contributed by atoms with Gasteiger partial charge in [0.05, 0.1) is 5.69 Å². The minimum Gasteiger partial charge on any atom is -0.324 e. The minimum absolute atomic E-state index is 0.109. The molecular formula is C15H21N3S. The second-order valence-electron chi connectivity index (χ2n) is 6.35. The Morgan fingerprint density at radius 3 is 2.89 bits per heavy atom. The number of hydrogen-bond donors (Lipinski definition) is 1. The average molecular weight is 275 g/mol. The summed E-state index contributed by atoms with van der Waals surface area (Å²) < 4.78 is 2.23. The van der Waals surface area contributed by atoms with E-state index in [0.29, 0.717) is 0 Å². The Morgan fingerprint density at radius 2 is 2.21 bits per heavy atom. The van der Waals surface area contributed by atoms with E-state index < -0.39 is 0 Å². The molecule has 0 amide bonds. The molecule has 102 valence electrons. The van der Waals surface area contributed by atoms with Gasteiger partial charge in [0, 0.05) is 28.7 Å². The summed E-state index contributed by atoms with van der Waals surface area (Å²) in [5.74, 6) is 0. The smallest absolute Gasteiger partial charge is 0.193 e. The molecule has 1 aliphatic carbocycles. The van der Waals surface area contributed by atoms with Gasteiger partial charge in [-0.15, -0.1) is 11.3 Å². The highest BCUT2D eigenvalue weighted by molar-refractivity contribution is 7.12. The number of rotatable bonds is 1. The van der Waals surface area contributed by atoms with Crippen LogP contribution in [0.1, 0.15) is 56.6 Å². The monoisotopic (exact) mass is 275 g/mol. The number of hydrogen-bond acceptors (Lipinski definition) is 3. The van der Waals surface area contributed by atoms with Crippen LogP contribution in [0.4, 0.5) is 0 Å². The number of fused-ring (bicyclic) bond motifs is 1. The summed E-state index contributed by atoms with van der Waals surface area (Å²) in [6, 6.07) is 2.36. The van der Waals surface area contributed by atoms with Crippen molar-refractivity contribution < 1.29 is 0 Å². The van der Waals surface area contributed by atoms with E-state index in [0.717, 1.165) is 23.7 Å². The molecule has 2 aromatic rings. The van der Waals surface area contributed by atoms with Gasteiger partial charge in [-0.2, -0.15) is 0 Å². The largest absolute Gasteiger partial charge is 0.324 e. The molecule has 1 atom stereocenters. The second-order valence-corrected chi connectivity index (χ2v) is 7.19. The van der Waals surface area contributed by atoms with Crippen LogP contribution in [0.15, 0.2) is 17.6 Å². The maximum Gasteiger partial charge on any atom is 0.193 e. The molecule has 0 bridgehead atoms. The van der Waals surface area contributed by atoms with Gasteiger partial charge in [-0.25, -0.2) is 4.98 Å². The Balaban J connectivity index is 2.01. The molecule has 0 aromatic carbocycles. The first-order valence-electron chi connectivity index (χ1n) is 6.89. The molecule has 0 spiro atoms. The zero-order valence-corrected chi connectivity index (χ0v) is 12.6. The van der Waals surface area contributed by atoms with Crippen molar-refractivity contribution in [2.45, 2.75) is 51.5 Å². The summed E-state index contributed by atoms with van der Waals surface area (Å²) in [5, 5.41) is 3.24. The van der Waals surface area contributed by atoms with Crippen LogP contribution < -0.4 is 5.73 Å². The first kappa shape index (κ1) is 12.9. The van der Waals surface area contributed by atoms with Gasteiger partial charge in [-0.05, 0) is 30.9 Å². The molecule has 1 unspecified atom stereocenters. The number of thiazole rings is 1. The topological polar surface area (TPSA) is 43.8 Å². The molecule has 0 saturated heterocycles. The van der Waals surface area contributed by atoms with Crippen LogP contribution in [0, 0.1) is 0 Å². The van der Waals surface area contributed by atoms with Crippen molar-refractivity contribution in [3.05, 3.63) is 34.6 Å². The fourth-order valence-electron chi connectivity index (χ4n) is 2.63. The summed E-state index contributed by atoms with van der Waals surface area (Å²) in [6.45, 7) is 6.60. The molecule has 19 heavy (non-hydrogen) atoms. The van der Waals surface area contributed by atoms with Crippen LogP contribution in [0.2, 0.25) is 0 Å². The van der Waals surface area contributed by atoms with Crippen molar-refractivity contribution >= 4 is 11.3 Å². The van der Waals surface area contributed by atoms with Gasteiger partial charge in [-0.1, -0.05) is 20.8 Å². The zero-order valence-electron chi connectivity index (χ0n) is 11.8. The van der Waals surface area contributed by atoms with Crippen molar-refractivity contribution in [2.75, 3.05) is 0 Å². The Kier molecular flexibility index (Phi) is 3.02. The van der Waals surface area contributed by atoms with Crippen molar-refractivity contribution in [3.63, 3.8) is 0 Å². The van der Waals surface area contributed by atoms with Crippen LogP contribution >= 0.6 is 11.3 Å². The number of aromatic nitrogens is 2. The van der Waals surface area contributed by atoms with Crippen LogP contribution in [0.25, 0.3) is 5.13 Å². The summed E-state index contributed by atoms with van der Waals surface area (Å²) in [4.78, 5) is 4.80. The Bertz CT molecular complexity index is 589. The van der Waals surface area contributed by atoms with E-state index in [2.05, 4.69) is 43.0 Å². The SMILES string of the molecule is CC(C)(C)c1csc(-n2ccc3c2CCCC3N)n1. The molecule has 2 heterocycles. The molecular weight excluding hydrogens is 254 g/mol. The normalized spacial score (nSPS) is 19.5. The molecule has 3 nitrogen and oxygen atoms in total. The van der Waals surface area contributed by atoms with Gasteiger partial charge in [0.25, 0.3) is 0 Å². The van der Waals surface area contributed by atoms with E-state index in [1.165, 1.54) is 17.7 Å². The molecule has 0 radical (unpaired) electrons. The molecule has 4 heteroatoms. The average Bonchev–Trinajstić information content (AvgIpc) is 2.93. The highest BCUT2D eigenvalue weighted by atomic mass is 32.1. The van der Waals surface area contributed by atoms with Gasteiger partial charge in [-0.3, -0.25) is 4.57 Å². The van der Waals surface area contributed by atoms with E-state index >= 15 is 0 Å². The molecule has 2 N–H and O–H groups in total. The highest BCUT2D eigenvalue weighted by Gasteiger charge is 2.23. The lowest BCUT2D eigenvalue weighted by Gasteiger charge is -2.20. The third-order valence-electron chi connectivity index (χ3n) is 3.82. The van der Waals surface area contributed by atoms with Crippen LogP contribution in [0.5, 0.6) is 0 Å². The van der Waals surface area contributed by atoms with Crippen LogP contribution in [-0.2, 0) is 11.8 Å². The van der Waals surface area contributed by atoms with E-state index in [9.17, 15) is 0 Å². The van der Waals surface area contributed by atoms with Crippen molar-refractivity contribution in [1.82, 2.24) is 9.55 Å². The Hall–Kier alpha value is -1.13. The molecule has 3 rings (SSSR count). The van der Waals surface area contributed by atoms with Crippen LogP contribution in [0.3, 0.4) is 0 Å². The highest BCUT2D eigenvalue weighted by Crippen LogP contribution is 2.32. The second kappa shape index (κ2) is 4.46. The standard InChI is InChI=1S/C15H21N3S/c1-15(2,3)13-9-19-14(17-13)18-8-7-10-11(16)5-4-6-12(10)18/h7-9,11H,4-6,16H2,1-3H3. The third kappa shape index (κ3) is 2.23. The van der Waals surface area contributed by atoms with E-state index in [4.69, 9.17) is 10.7 Å². The van der Waals surface area contributed by atoms with Crippen molar-refractivity contribution in [1.29, 1.82) is 0 Å². The molecule has 0 fully saturated rings. The predicted octanol–water partition coefficient (Wildman–Crippen LogP) is 3.57. The lowest BCUT2D eigenvalue weighted by Crippen LogP contribution is -2.18. The first-order chi connectivity index (χ1) is 8.97. The fourth-order valence-corrected chi connectivity index (χ4v) is 3.68. The first-order valence-corrected chi connectivity index (χ1v) is 7.77. The molecule has 0 aliphatic heterocycles. The summed E-state index contributed by atoms with van der Waals surface area (Å²) in [7, 11) is 0. The van der Waals surface area contributed by atoms with E-state index in [-0.39, 0.29) is 11.5 Å². The lowest BCUT2D eigenvalue weighted by atomic mass is 9.93. The van der Waals surface area contributed by atoms with E-state index in [1.54, 1.807) is 11.3 Å². The van der Waals surface area contributed by atoms with Crippen molar-refractivity contribution in [3.8, 4) is 5.13 Å². The lowest BCUT2D eigenvalue weighted by molar-refractivity contribution is 0.557. The van der Waals surface area contributed by atoms with E-state index in [1.807, 2.05) is 0 Å². The maximum absolute atomic E-state index is 6.18. The summed E-state index contributed by atoms with van der Waals surface area (Å²) >= 11 is 1.72. The van der Waals surface area contributed by atoms with Gasteiger partial charge in [0.1, 0.15) is 0 Å². The quantitative estimate of drug-likeness (QED) is 0.864. The van der Waals surface area contributed by atoms with Gasteiger partial charge in [0.2, 0.25) is 0 Å². The van der Waals surface area contributed by atoms with Crippen LogP contribution in [-0.4, -0.2) is 9.55 Å². The number of nitrogens with zero attached hydrogens (tertiary/aromatic N) is 2. The van der Waals surface area contributed by atoms with Gasteiger partial charge in [0.15, 0.2) is 5.13 Å². The van der Waals surface area contributed by atoms with Gasteiger partial charge >= 0.3 is 0 Å². The Morgan fingerprint density at radius 1 is 1.42 bits per heavy atom. The maximum atomic E-state index is 6.18. The van der Waals surface area contributed by atoms with Gasteiger partial charge < -0.3 is 5.73 Å². The molecule has 2 aromatic heterocycles. The third-order valence-corrected chi connectivity index (χ3v) is 4.66. The minimum atomic E-state index is 0.109. The zero-order chi connectivity index (χ0) is 13.6.